The summed E-state index contributed by atoms with van der Waals surface area (Å²) in [6.07, 6.45) is 0.972. The molecule has 3 aromatic carbocycles. The van der Waals surface area contributed by atoms with E-state index in [2.05, 4.69) is 113 Å². The van der Waals surface area contributed by atoms with Crippen molar-refractivity contribution in [2.45, 2.75) is 13.3 Å². The highest BCUT2D eigenvalue weighted by molar-refractivity contribution is 14.1. The van der Waals surface area contributed by atoms with Gasteiger partial charge >= 0.3 is 0 Å². The van der Waals surface area contributed by atoms with Gasteiger partial charge in [-0.15, -0.1) is 0 Å². The fourth-order valence-corrected chi connectivity index (χ4v) is 3.96. The average molecular weight is 493 g/mol. The molecule has 0 atom stereocenters. The minimum absolute atomic E-state index is 0.753. The standard InChI is InChI=1S/C26H26INO/c1-2-25(20-6-4-3-5-7-20)26(21-8-12-23(27)13-9-21)22-10-14-24(15-11-22)29-19-18-28-16-17-28/h3-15H,2,16-19H2,1H3/b26-25-/i27-2. The zero-order valence-corrected chi connectivity index (χ0v) is 18.9. The lowest BCUT2D eigenvalue weighted by Gasteiger charge is -2.17. The van der Waals surface area contributed by atoms with Crippen LogP contribution in [0.5, 0.6) is 5.75 Å². The van der Waals surface area contributed by atoms with Crippen LogP contribution in [-0.2, 0) is 0 Å². The van der Waals surface area contributed by atoms with Gasteiger partial charge in [-0.25, -0.2) is 0 Å². The Balaban J connectivity index is 1.69. The maximum absolute atomic E-state index is 5.93. The second-order valence-electron chi connectivity index (χ2n) is 7.29. The highest BCUT2D eigenvalue weighted by Gasteiger charge is 2.16. The SMILES string of the molecule is CC/C(=C(\c1ccc([125I])cc1)c1ccc(OCCN2CC2)cc1)c1ccccc1. The van der Waals surface area contributed by atoms with Crippen LogP contribution in [0.25, 0.3) is 11.1 Å². The molecule has 1 aliphatic heterocycles. The topological polar surface area (TPSA) is 12.2 Å². The molecule has 0 aliphatic carbocycles. The second-order valence-corrected chi connectivity index (χ2v) is 8.54. The van der Waals surface area contributed by atoms with Crippen LogP contribution in [0.2, 0.25) is 0 Å². The molecule has 0 unspecified atom stereocenters. The Morgan fingerprint density at radius 2 is 1.45 bits per heavy atom. The fraction of sp³-hybridized carbons (Fsp3) is 0.231. The quantitative estimate of drug-likeness (QED) is 0.206. The molecule has 1 saturated heterocycles. The predicted molar refractivity (Wildman–Crippen MR) is 130 cm³/mol. The van der Waals surface area contributed by atoms with Crippen LogP contribution in [0.15, 0.2) is 78.9 Å². The van der Waals surface area contributed by atoms with Crippen molar-refractivity contribution in [1.29, 1.82) is 0 Å². The van der Waals surface area contributed by atoms with Gasteiger partial charge in [0.05, 0.1) is 0 Å². The molecule has 0 N–H and O–H groups in total. The van der Waals surface area contributed by atoms with E-state index in [0.717, 1.165) is 25.3 Å². The van der Waals surface area contributed by atoms with Crippen LogP contribution in [0.3, 0.4) is 0 Å². The molecule has 0 spiro atoms. The molecule has 3 aromatic rings. The molecule has 0 amide bonds. The highest BCUT2D eigenvalue weighted by atomic mass is 125. The number of benzene rings is 3. The molecule has 0 aromatic heterocycles. The first-order valence-corrected chi connectivity index (χ1v) is 11.3. The molecule has 29 heavy (non-hydrogen) atoms. The summed E-state index contributed by atoms with van der Waals surface area (Å²) in [6, 6.07) is 28.1. The van der Waals surface area contributed by atoms with E-state index in [1.807, 2.05) is 0 Å². The van der Waals surface area contributed by atoms with Crippen molar-refractivity contribution in [2.75, 3.05) is 26.2 Å². The molecule has 1 heterocycles. The normalized spacial score (nSPS) is 14.4. The Hall–Kier alpha value is -2.11. The summed E-state index contributed by atoms with van der Waals surface area (Å²) < 4.78 is 7.17. The molecule has 0 saturated carbocycles. The van der Waals surface area contributed by atoms with Crippen LogP contribution in [0.4, 0.5) is 0 Å². The lowest BCUT2D eigenvalue weighted by molar-refractivity contribution is 0.292. The van der Waals surface area contributed by atoms with Gasteiger partial charge in [0.2, 0.25) is 0 Å². The minimum Gasteiger partial charge on any atom is -0.492 e. The molecule has 0 bridgehead atoms. The molecule has 2 nitrogen and oxygen atoms in total. The summed E-state index contributed by atoms with van der Waals surface area (Å²) in [6.45, 7) is 6.43. The number of hydrogen-bond acceptors (Lipinski definition) is 2. The third-order valence-corrected chi connectivity index (χ3v) is 5.99. The van der Waals surface area contributed by atoms with Crippen LogP contribution >= 0.6 is 22.6 Å². The fourth-order valence-electron chi connectivity index (χ4n) is 3.60. The second kappa shape index (κ2) is 9.59. The number of allylic oxidation sites excluding steroid dienone is 1. The Labute approximate surface area is 187 Å². The Morgan fingerprint density at radius 1 is 0.828 bits per heavy atom. The monoisotopic (exact) mass is 493 g/mol. The summed E-state index contributed by atoms with van der Waals surface area (Å²) in [7, 11) is 0. The lowest BCUT2D eigenvalue weighted by atomic mass is 9.88. The number of ether oxygens (including phenoxy) is 1. The number of halogens is 1. The maximum Gasteiger partial charge on any atom is 0.119 e. The summed E-state index contributed by atoms with van der Waals surface area (Å²) in [4.78, 5) is 2.37. The Morgan fingerprint density at radius 3 is 2.03 bits per heavy atom. The van der Waals surface area contributed by atoms with E-state index in [4.69, 9.17) is 4.74 Å². The van der Waals surface area contributed by atoms with Gasteiger partial charge in [0.25, 0.3) is 0 Å². The minimum atomic E-state index is 0.753. The molecule has 0 radical (unpaired) electrons. The largest absolute Gasteiger partial charge is 0.492 e. The van der Waals surface area contributed by atoms with E-state index < -0.39 is 0 Å². The van der Waals surface area contributed by atoms with Crippen molar-refractivity contribution in [3.05, 3.63) is 99.1 Å². The third kappa shape index (κ3) is 5.28. The molecule has 4 rings (SSSR count). The first-order chi connectivity index (χ1) is 14.2. The van der Waals surface area contributed by atoms with Crippen LogP contribution in [0, 0.1) is 3.57 Å². The van der Waals surface area contributed by atoms with Gasteiger partial charge in [0, 0.05) is 23.2 Å². The highest BCUT2D eigenvalue weighted by Crippen LogP contribution is 2.35. The van der Waals surface area contributed by atoms with Crippen LogP contribution in [-0.4, -0.2) is 31.1 Å². The van der Waals surface area contributed by atoms with Crippen LogP contribution in [0.1, 0.15) is 30.0 Å². The number of rotatable bonds is 8. The zero-order valence-electron chi connectivity index (χ0n) is 16.8. The molecule has 1 fully saturated rings. The summed E-state index contributed by atoms with van der Waals surface area (Å²) in [5.41, 5.74) is 6.42. The predicted octanol–water partition coefficient (Wildman–Crippen LogP) is 6.35. The van der Waals surface area contributed by atoms with Crippen molar-refractivity contribution in [2.24, 2.45) is 0 Å². The van der Waals surface area contributed by atoms with Gasteiger partial charge in [0.1, 0.15) is 12.4 Å². The van der Waals surface area contributed by atoms with E-state index in [9.17, 15) is 0 Å². The first-order valence-electron chi connectivity index (χ1n) is 10.2. The first kappa shape index (κ1) is 20.2. The van der Waals surface area contributed by atoms with Gasteiger partial charge in [-0.2, -0.15) is 0 Å². The Kier molecular flexibility index (Phi) is 6.67. The number of nitrogens with zero attached hydrogens (tertiary/aromatic N) is 1. The van der Waals surface area contributed by atoms with Crippen molar-refractivity contribution < 1.29 is 4.74 Å². The van der Waals surface area contributed by atoms with Gasteiger partial charge in [-0.3, -0.25) is 4.90 Å². The summed E-state index contributed by atoms with van der Waals surface area (Å²) in [5, 5.41) is 0. The Bertz CT molecular complexity index is 958. The van der Waals surface area contributed by atoms with Gasteiger partial charge in [-0.05, 0) is 81.1 Å². The molecule has 1 aliphatic rings. The maximum atomic E-state index is 5.93. The van der Waals surface area contributed by atoms with Gasteiger partial charge < -0.3 is 4.74 Å². The van der Waals surface area contributed by atoms with Crippen LogP contribution < -0.4 is 4.74 Å². The summed E-state index contributed by atoms with van der Waals surface area (Å²) in [5.74, 6) is 0.940. The average Bonchev–Trinajstić information content (AvgIpc) is 3.59. The van der Waals surface area contributed by atoms with Gasteiger partial charge in [-0.1, -0.05) is 61.5 Å². The van der Waals surface area contributed by atoms with E-state index in [1.165, 1.54) is 44.5 Å². The zero-order chi connectivity index (χ0) is 20.1. The van der Waals surface area contributed by atoms with E-state index in [0.29, 0.717) is 0 Å². The third-order valence-electron chi connectivity index (χ3n) is 5.27. The number of hydrogen-bond donors (Lipinski definition) is 0. The van der Waals surface area contributed by atoms with Crippen molar-refractivity contribution in [3.63, 3.8) is 0 Å². The van der Waals surface area contributed by atoms with E-state index in [-0.39, 0.29) is 0 Å². The lowest BCUT2D eigenvalue weighted by Crippen LogP contribution is -2.10. The van der Waals surface area contributed by atoms with Crippen molar-refractivity contribution in [3.8, 4) is 5.75 Å². The molecular formula is C26H26INO. The van der Waals surface area contributed by atoms with Crippen molar-refractivity contribution >= 4 is 33.7 Å². The molecular weight excluding hydrogens is 467 g/mol. The summed E-state index contributed by atoms with van der Waals surface area (Å²) >= 11 is 2.36. The van der Waals surface area contributed by atoms with E-state index in [1.54, 1.807) is 0 Å². The van der Waals surface area contributed by atoms with Gasteiger partial charge in [0.15, 0.2) is 0 Å². The molecule has 3 heteroatoms. The van der Waals surface area contributed by atoms with Crippen molar-refractivity contribution in [1.82, 2.24) is 4.90 Å². The molecule has 148 valence electrons. The smallest absolute Gasteiger partial charge is 0.119 e. The van der Waals surface area contributed by atoms with E-state index >= 15 is 0 Å².